The van der Waals surface area contributed by atoms with E-state index in [2.05, 4.69) is 5.32 Å². The molecule has 0 atom stereocenters. The third kappa shape index (κ3) is 3.29. The summed E-state index contributed by atoms with van der Waals surface area (Å²) in [7, 11) is 1.57. The van der Waals surface area contributed by atoms with E-state index in [0.29, 0.717) is 17.0 Å². The summed E-state index contributed by atoms with van der Waals surface area (Å²) in [5.74, 6) is -0.331. The molecule has 0 aliphatic heterocycles. The van der Waals surface area contributed by atoms with Crippen molar-refractivity contribution in [1.29, 1.82) is 0 Å². The average molecular weight is 302 g/mol. The number of carbonyl (C=O) groups is 1. The molecular formula is C15H14N2O3S. The summed E-state index contributed by atoms with van der Waals surface area (Å²) in [6.07, 6.45) is 0. The Kier molecular flexibility index (Phi) is 4.39. The Morgan fingerprint density at radius 3 is 2.43 bits per heavy atom. The van der Waals surface area contributed by atoms with Crippen LogP contribution in [-0.4, -0.2) is 23.3 Å². The molecule has 0 radical (unpaired) electrons. The van der Waals surface area contributed by atoms with Gasteiger partial charge in [0.1, 0.15) is 5.75 Å². The highest BCUT2D eigenvalue weighted by Gasteiger charge is 2.16. The molecule has 0 saturated heterocycles. The molecule has 0 aliphatic rings. The van der Waals surface area contributed by atoms with Gasteiger partial charge in [-0.05, 0) is 42.0 Å². The van der Waals surface area contributed by atoms with E-state index in [4.69, 9.17) is 22.7 Å². The van der Waals surface area contributed by atoms with Gasteiger partial charge in [0.2, 0.25) is 0 Å². The van der Waals surface area contributed by atoms with Gasteiger partial charge in [0.25, 0.3) is 0 Å². The molecule has 0 aromatic heterocycles. The van der Waals surface area contributed by atoms with Crippen molar-refractivity contribution >= 4 is 29.0 Å². The first-order chi connectivity index (χ1) is 10.0. The van der Waals surface area contributed by atoms with Gasteiger partial charge >= 0.3 is 5.97 Å². The zero-order chi connectivity index (χ0) is 15.4. The van der Waals surface area contributed by atoms with Crippen LogP contribution in [0, 0.1) is 0 Å². The van der Waals surface area contributed by atoms with Crippen LogP contribution in [0.2, 0.25) is 0 Å². The van der Waals surface area contributed by atoms with Crippen molar-refractivity contribution < 1.29 is 14.6 Å². The van der Waals surface area contributed by atoms with E-state index in [-0.39, 0.29) is 10.7 Å². The van der Waals surface area contributed by atoms with Crippen molar-refractivity contribution in [2.45, 2.75) is 0 Å². The van der Waals surface area contributed by atoms with Gasteiger partial charge in [0, 0.05) is 11.3 Å². The van der Waals surface area contributed by atoms with E-state index in [1.54, 1.807) is 43.5 Å². The second-order valence-corrected chi connectivity index (χ2v) is 4.69. The number of nitrogens with two attached hydrogens (primary N) is 1. The van der Waals surface area contributed by atoms with Gasteiger partial charge in [-0.3, -0.25) is 0 Å². The van der Waals surface area contributed by atoms with Gasteiger partial charge in [0.05, 0.1) is 12.7 Å². The fourth-order valence-electron chi connectivity index (χ4n) is 2.04. The highest BCUT2D eigenvalue weighted by molar-refractivity contribution is 7.80. The SMILES string of the molecule is COc1ccc(-c2c(NC(N)=S)cccc2C(=O)O)cc1. The predicted molar refractivity (Wildman–Crippen MR) is 85.8 cm³/mol. The number of ether oxygens (including phenoxy) is 1. The third-order valence-corrected chi connectivity index (χ3v) is 3.03. The van der Waals surface area contributed by atoms with Gasteiger partial charge in [-0.15, -0.1) is 0 Å². The van der Waals surface area contributed by atoms with Crippen LogP contribution in [0.15, 0.2) is 42.5 Å². The standard InChI is InChI=1S/C15H14N2O3S/c1-20-10-7-5-9(6-8-10)13-11(14(18)19)3-2-4-12(13)17-15(16)21/h2-8H,1H3,(H,18,19)(H3,16,17,21). The predicted octanol–water partition coefficient (Wildman–Crippen LogP) is 2.72. The molecule has 0 unspecified atom stereocenters. The van der Waals surface area contributed by atoms with Gasteiger partial charge in [0.15, 0.2) is 5.11 Å². The summed E-state index contributed by atoms with van der Waals surface area (Å²) in [6.45, 7) is 0. The molecule has 21 heavy (non-hydrogen) atoms. The Hall–Kier alpha value is -2.60. The summed E-state index contributed by atoms with van der Waals surface area (Å²) in [6, 6.07) is 12.0. The highest BCUT2D eigenvalue weighted by atomic mass is 32.1. The summed E-state index contributed by atoms with van der Waals surface area (Å²) < 4.78 is 5.10. The maximum atomic E-state index is 11.4. The van der Waals surface area contributed by atoms with Crippen molar-refractivity contribution in [2.24, 2.45) is 5.73 Å². The second-order valence-electron chi connectivity index (χ2n) is 4.25. The monoisotopic (exact) mass is 302 g/mol. The third-order valence-electron chi connectivity index (χ3n) is 2.93. The Morgan fingerprint density at radius 1 is 1.24 bits per heavy atom. The van der Waals surface area contributed by atoms with Crippen LogP contribution in [-0.2, 0) is 0 Å². The first-order valence-corrected chi connectivity index (χ1v) is 6.51. The number of thiocarbonyl (C=S) groups is 1. The molecule has 6 heteroatoms. The van der Waals surface area contributed by atoms with Crippen LogP contribution < -0.4 is 15.8 Å². The van der Waals surface area contributed by atoms with Gasteiger partial charge in [-0.25, -0.2) is 4.79 Å². The largest absolute Gasteiger partial charge is 0.497 e. The van der Waals surface area contributed by atoms with E-state index in [1.165, 1.54) is 6.07 Å². The molecule has 0 bridgehead atoms. The fraction of sp³-hybridized carbons (Fsp3) is 0.0667. The minimum atomic E-state index is -1.02. The first-order valence-electron chi connectivity index (χ1n) is 6.10. The van der Waals surface area contributed by atoms with Crippen molar-refractivity contribution in [2.75, 3.05) is 12.4 Å². The van der Waals surface area contributed by atoms with Gasteiger partial charge in [-0.2, -0.15) is 0 Å². The molecule has 2 aromatic carbocycles. The van der Waals surface area contributed by atoms with E-state index in [0.717, 1.165) is 5.56 Å². The maximum Gasteiger partial charge on any atom is 0.336 e. The van der Waals surface area contributed by atoms with Crippen LogP contribution in [0.4, 0.5) is 5.69 Å². The lowest BCUT2D eigenvalue weighted by Gasteiger charge is -2.14. The van der Waals surface area contributed by atoms with Crippen LogP contribution in [0.5, 0.6) is 5.75 Å². The van der Waals surface area contributed by atoms with Crippen molar-refractivity contribution in [3.63, 3.8) is 0 Å². The number of anilines is 1. The summed E-state index contributed by atoms with van der Waals surface area (Å²) >= 11 is 4.83. The molecule has 108 valence electrons. The smallest absolute Gasteiger partial charge is 0.336 e. The zero-order valence-electron chi connectivity index (χ0n) is 11.3. The average Bonchev–Trinajstić information content (AvgIpc) is 2.46. The van der Waals surface area contributed by atoms with Crippen LogP contribution in [0.25, 0.3) is 11.1 Å². The Morgan fingerprint density at radius 2 is 1.90 bits per heavy atom. The number of hydrogen-bond acceptors (Lipinski definition) is 3. The Labute approximate surface area is 127 Å². The fourth-order valence-corrected chi connectivity index (χ4v) is 2.15. The van der Waals surface area contributed by atoms with Gasteiger partial charge < -0.3 is 20.9 Å². The molecule has 2 rings (SSSR count). The van der Waals surface area contributed by atoms with E-state index in [1.807, 2.05) is 0 Å². The van der Waals surface area contributed by atoms with Crippen LogP contribution in [0.1, 0.15) is 10.4 Å². The highest BCUT2D eigenvalue weighted by Crippen LogP contribution is 2.32. The summed E-state index contributed by atoms with van der Waals surface area (Å²) in [5, 5.41) is 12.3. The molecular weight excluding hydrogens is 288 g/mol. The number of nitrogens with one attached hydrogen (secondary N) is 1. The number of benzene rings is 2. The van der Waals surface area contributed by atoms with Crippen molar-refractivity contribution in [3.8, 4) is 16.9 Å². The molecule has 0 aliphatic carbocycles. The molecule has 0 spiro atoms. The number of rotatable bonds is 4. The van der Waals surface area contributed by atoms with E-state index in [9.17, 15) is 9.90 Å². The maximum absolute atomic E-state index is 11.4. The lowest BCUT2D eigenvalue weighted by molar-refractivity contribution is 0.0698. The number of carboxylic acid groups (broad SMARTS) is 1. The number of aromatic carboxylic acids is 1. The molecule has 0 saturated carbocycles. The summed E-state index contributed by atoms with van der Waals surface area (Å²) in [5.41, 5.74) is 7.47. The summed E-state index contributed by atoms with van der Waals surface area (Å²) in [4.78, 5) is 11.4. The molecule has 4 N–H and O–H groups in total. The zero-order valence-corrected chi connectivity index (χ0v) is 12.1. The molecule has 2 aromatic rings. The van der Waals surface area contributed by atoms with Crippen LogP contribution in [0.3, 0.4) is 0 Å². The lowest BCUT2D eigenvalue weighted by Crippen LogP contribution is -2.20. The Balaban J connectivity index is 2.61. The molecule has 5 nitrogen and oxygen atoms in total. The normalized spacial score (nSPS) is 9.95. The van der Waals surface area contributed by atoms with Crippen molar-refractivity contribution in [3.05, 3.63) is 48.0 Å². The first kappa shape index (κ1) is 14.8. The lowest BCUT2D eigenvalue weighted by atomic mass is 9.97. The van der Waals surface area contributed by atoms with E-state index >= 15 is 0 Å². The Bertz CT molecular complexity index is 684. The quantitative estimate of drug-likeness (QED) is 0.753. The topological polar surface area (TPSA) is 84.6 Å². The minimum absolute atomic E-state index is 0.0762. The molecule has 0 amide bonds. The van der Waals surface area contributed by atoms with E-state index < -0.39 is 5.97 Å². The van der Waals surface area contributed by atoms with Crippen LogP contribution >= 0.6 is 12.2 Å². The second kappa shape index (κ2) is 6.23. The minimum Gasteiger partial charge on any atom is -0.497 e. The number of methoxy groups -OCH3 is 1. The molecule has 0 fully saturated rings. The molecule has 0 heterocycles. The van der Waals surface area contributed by atoms with Gasteiger partial charge in [-0.1, -0.05) is 18.2 Å². The number of hydrogen-bond donors (Lipinski definition) is 3. The van der Waals surface area contributed by atoms with Crippen molar-refractivity contribution in [1.82, 2.24) is 0 Å². The number of carboxylic acids is 1.